The Morgan fingerprint density at radius 3 is 2.53 bits per heavy atom. The maximum Gasteiger partial charge on any atom is 0.0375 e. The quantitative estimate of drug-likeness (QED) is 0.813. The van der Waals surface area contributed by atoms with Gasteiger partial charge in [0, 0.05) is 29.8 Å². The molecule has 3 heteroatoms. The highest BCUT2D eigenvalue weighted by atomic mass is 79.9. The van der Waals surface area contributed by atoms with E-state index in [1.807, 2.05) is 0 Å². The molecule has 0 saturated heterocycles. The van der Waals surface area contributed by atoms with Crippen LogP contribution in [0, 0.1) is 5.92 Å². The molecule has 1 aromatic rings. The summed E-state index contributed by atoms with van der Waals surface area (Å²) >= 11 is 3.67. The second-order valence-electron chi connectivity index (χ2n) is 5.75. The van der Waals surface area contributed by atoms with Crippen molar-refractivity contribution in [2.45, 2.75) is 46.1 Å². The van der Waals surface area contributed by atoms with Crippen LogP contribution in [0.2, 0.25) is 0 Å². The highest BCUT2D eigenvalue weighted by molar-refractivity contribution is 9.10. The Bertz CT molecular complexity index is 390. The SMILES string of the molecule is CCC(N)Cc1ccc(N(C)CCC(C)C)cc1Br. The van der Waals surface area contributed by atoms with Gasteiger partial charge in [-0.15, -0.1) is 0 Å². The van der Waals surface area contributed by atoms with Crippen molar-refractivity contribution in [2.24, 2.45) is 11.7 Å². The minimum Gasteiger partial charge on any atom is -0.375 e. The Morgan fingerprint density at radius 2 is 2.00 bits per heavy atom. The number of hydrogen-bond acceptors (Lipinski definition) is 2. The van der Waals surface area contributed by atoms with Gasteiger partial charge in [0.1, 0.15) is 0 Å². The average molecular weight is 327 g/mol. The van der Waals surface area contributed by atoms with E-state index in [9.17, 15) is 0 Å². The zero-order chi connectivity index (χ0) is 14.4. The van der Waals surface area contributed by atoms with Crippen LogP contribution in [0.4, 0.5) is 5.69 Å². The first-order valence-corrected chi connectivity index (χ1v) is 7.98. The van der Waals surface area contributed by atoms with E-state index in [2.05, 4.69) is 66.8 Å². The average Bonchev–Trinajstić information content (AvgIpc) is 2.37. The Labute approximate surface area is 126 Å². The molecular formula is C16H27BrN2. The second-order valence-corrected chi connectivity index (χ2v) is 6.61. The van der Waals surface area contributed by atoms with Gasteiger partial charge in [0.2, 0.25) is 0 Å². The molecule has 0 saturated carbocycles. The predicted molar refractivity (Wildman–Crippen MR) is 88.8 cm³/mol. The topological polar surface area (TPSA) is 29.3 Å². The van der Waals surface area contributed by atoms with Crippen LogP contribution < -0.4 is 10.6 Å². The summed E-state index contributed by atoms with van der Waals surface area (Å²) in [4.78, 5) is 2.31. The minimum absolute atomic E-state index is 0.251. The van der Waals surface area contributed by atoms with E-state index in [0.717, 1.165) is 25.3 Å². The van der Waals surface area contributed by atoms with Crippen molar-refractivity contribution in [3.05, 3.63) is 28.2 Å². The largest absolute Gasteiger partial charge is 0.375 e. The lowest BCUT2D eigenvalue weighted by Gasteiger charge is -2.21. The number of hydrogen-bond donors (Lipinski definition) is 1. The smallest absolute Gasteiger partial charge is 0.0375 e. The highest BCUT2D eigenvalue weighted by Crippen LogP contribution is 2.25. The van der Waals surface area contributed by atoms with Crippen molar-refractivity contribution < 1.29 is 0 Å². The lowest BCUT2D eigenvalue weighted by Crippen LogP contribution is -2.22. The Kier molecular flexibility index (Phi) is 6.87. The molecule has 1 unspecified atom stereocenters. The molecule has 108 valence electrons. The molecule has 2 nitrogen and oxygen atoms in total. The van der Waals surface area contributed by atoms with Crippen LogP contribution in [0.15, 0.2) is 22.7 Å². The molecule has 0 spiro atoms. The molecule has 0 aromatic heterocycles. The molecule has 0 aliphatic carbocycles. The maximum absolute atomic E-state index is 6.02. The van der Waals surface area contributed by atoms with Crippen LogP contribution >= 0.6 is 15.9 Å². The van der Waals surface area contributed by atoms with E-state index in [1.165, 1.54) is 22.1 Å². The third kappa shape index (κ3) is 5.53. The fourth-order valence-corrected chi connectivity index (χ4v) is 2.48. The Morgan fingerprint density at radius 1 is 1.32 bits per heavy atom. The van der Waals surface area contributed by atoms with Gasteiger partial charge < -0.3 is 10.6 Å². The van der Waals surface area contributed by atoms with E-state index in [0.29, 0.717) is 0 Å². The van der Waals surface area contributed by atoms with Gasteiger partial charge in [-0.2, -0.15) is 0 Å². The monoisotopic (exact) mass is 326 g/mol. The van der Waals surface area contributed by atoms with Gasteiger partial charge >= 0.3 is 0 Å². The summed E-state index contributed by atoms with van der Waals surface area (Å²) in [5.41, 5.74) is 8.59. The third-order valence-corrected chi connectivity index (χ3v) is 4.26. The van der Waals surface area contributed by atoms with Crippen molar-refractivity contribution in [3.63, 3.8) is 0 Å². The van der Waals surface area contributed by atoms with Crippen molar-refractivity contribution in [3.8, 4) is 0 Å². The number of halogens is 1. The van der Waals surface area contributed by atoms with Gasteiger partial charge in [0.15, 0.2) is 0 Å². The molecule has 0 amide bonds. The normalized spacial score (nSPS) is 12.8. The van der Waals surface area contributed by atoms with E-state index >= 15 is 0 Å². The molecule has 0 heterocycles. The lowest BCUT2D eigenvalue weighted by atomic mass is 10.0. The molecular weight excluding hydrogens is 300 g/mol. The highest BCUT2D eigenvalue weighted by Gasteiger charge is 2.08. The fraction of sp³-hybridized carbons (Fsp3) is 0.625. The minimum atomic E-state index is 0.251. The van der Waals surface area contributed by atoms with E-state index < -0.39 is 0 Å². The van der Waals surface area contributed by atoms with Crippen molar-refractivity contribution in [1.29, 1.82) is 0 Å². The van der Waals surface area contributed by atoms with Crippen molar-refractivity contribution >= 4 is 21.6 Å². The summed E-state index contributed by atoms with van der Waals surface area (Å²) in [7, 11) is 2.15. The summed E-state index contributed by atoms with van der Waals surface area (Å²) in [6.07, 6.45) is 3.17. The van der Waals surface area contributed by atoms with Crippen LogP contribution in [0.25, 0.3) is 0 Å². The first-order valence-electron chi connectivity index (χ1n) is 7.19. The predicted octanol–water partition coefficient (Wildman–Crippen LogP) is 4.21. The van der Waals surface area contributed by atoms with Gasteiger partial charge in [0.25, 0.3) is 0 Å². The van der Waals surface area contributed by atoms with Crippen molar-refractivity contribution in [2.75, 3.05) is 18.5 Å². The van der Waals surface area contributed by atoms with Crippen LogP contribution in [-0.4, -0.2) is 19.6 Å². The summed E-state index contributed by atoms with van der Waals surface area (Å²) in [6.45, 7) is 7.75. The van der Waals surface area contributed by atoms with Gasteiger partial charge in [0.05, 0.1) is 0 Å². The summed E-state index contributed by atoms with van der Waals surface area (Å²) in [5, 5.41) is 0. The van der Waals surface area contributed by atoms with Crippen LogP contribution in [0.3, 0.4) is 0 Å². The Balaban J connectivity index is 2.70. The molecule has 0 radical (unpaired) electrons. The molecule has 1 aromatic carbocycles. The van der Waals surface area contributed by atoms with Crippen molar-refractivity contribution in [1.82, 2.24) is 0 Å². The maximum atomic E-state index is 6.02. The molecule has 0 bridgehead atoms. The first kappa shape index (κ1) is 16.5. The summed E-state index contributed by atoms with van der Waals surface area (Å²) in [5.74, 6) is 0.743. The number of nitrogens with zero attached hydrogens (tertiary/aromatic N) is 1. The standard InChI is InChI=1S/C16H27BrN2/c1-5-14(18)10-13-6-7-15(11-16(13)17)19(4)9-8-12(2)3/h6-7,11-12,14H,5,8-10,18H2,1-4H3. The van der Waals surface area contributed by atoms with Crippen LogP contribution in [-0.2, 0) is 6.42 Å². The first-order chi connectivity index (χ1) is 8.93. The van der Waals surface area contributed by atoms with E-state index in [-0.39, 0.29) is 6.04 Å². The number of anilines is 1. The fourth-order valence-electron chi connectivity index (χ4n) is 1.95. The number of nitrogens with two attached hydrogens (primary N) is 1. The lowest BCUT2D eigenvalue weighted by molar-refractivity contribution is 0.585. The van der Waals surface area contributed by atoms with Crippen LogP contribution in [0.5, 0.6) is 0 Å². The Hall–Kier alpha value is -0.540. The summed E-state index contributed by atoms with van der Waals surface area (Å²) < 4.78 is 1.17. The molecule has 1 atom stereocenters. The van der Waals surface area contributed by atoms with E-state index in [1.54, 1.807) is 0 Å². The van der Waals surface area contributed by atoms with Crippen LogP contribution in [0.1, 0.15) is 39.2 Å². The van der Waals surface area contributed by atoms with Gasteiger partial charge in [-0.05, 0) is 42.9 Å². The molecule has 2 N–H and O–H groups in total. The van der Waals surface area contributed by atoms with Gasteiger partial charge in [-0.3, -0.25) is 0 Å². The molecule has 1 rings (SSSR count). The van der Waals surface area contributed by atoms with Gasteiger partial charge in [-0.1, -0.05) is 42.8 Å². The van der Waals surface area contributed by atoms with Gasteiger partial charge in [-0.25, -0.2) is 0 Å². The van der Waals surface area contributed by atoms with E-state index in [4.69, 9.17) is 5.73 Å². The zero-order valence-electron chi connectivity index (χ0n) is 12.6. The number of rotatable bonds is 7. The molecule has 0 aliphatic rings. The number of benzene rings is 1. The molecule has 19 heavy (non-hydrogen) atoms. The summed E-state index contributed by atoms with van der Waals surface area (Å²) in [6, 6.07) is 6.85. The second kappa shape index (κ2) is 7.91. The molecule has 0 aliphatic heterocycles. The zero-order valence-corrected chi connectivity index (χ0v) is 14.2. The molecule has 0 fully saturated rings. The third-order valence-electron chi connectivity index (χ3n) is 3.53.